The highest BCUT2D eigenvalue weighted by molar-refractivity contribution is 5.29. The van der Waals surface area contributed by atoms with Gasteiger partial charge < -0.3 is 4.74 Å². The van der Waals surface area contributed by atoms with Crippen molar-refractivity contribution < 1.29 is 4.74 Å². The maximum atomic E-state index is 5.76. The van der Waals surface area contributed by atoms with E-state index in [1.165, 1.54) is 12.0 Å². The maximum absolute atomic E-state index is 5.76. The van der Waals surface area contributed by atoms with Gasteiger partial charge in [-0.05, 0) is 59.7 Å². The summed E-state index contributed by atoms with van der Waals surface area (Å²) in [6.45, 7) is 5.22. The number of aromatic amines is 1. The highest BCUT2D eigenvalue weighted by atomic mass is 16.5. The number of nitrogens with one attached hydrogen (secondary N) is 1. The first kappa shape index (κ1) is 15.5. The first-order valence-corrected chi connectivity index (χ1v) is 7.75. The van der Waals surface area contributed by atoms with Crippen LogP contribution in [0.25, 0.3) is 0 Å². The smallest absolute Gasteiger partial charge is 0.148 e. The number of hydrogen-bond acceptors (Lipinski definition) is 4. The van der Waals surface area contributed by atoms with Gasteiger partial charge in [-0.25, -0.2) is 5.10 Å². The lowest BCUT2D eigenvalue weighted by molar-refractivity contribution is 0.305. The Morgan fingerprint density at radius 1 is 1.14 bits per heavy atom. The third-order valence-corrected chi connectivity index (χ3v) is 3.78. The van der Waals surface area contributed by atoms with Gasteiger partial charge in [-0.3, -0.25) is 0 Å². The van der Waals surface area contributed by atoms with Gasteiger partial charge in [-0.2, -0.15) is 0 Å². The summed E-state index contributed by atoms with van der Waals surface area (Å²) in [6.07, 6.45) is 5.31. The van der Waals surface area contributed by atoms with E-state index in [2.05, 4.69) is 58.7 Å². The minimum atomic E-state index is 0.615. The van der Waals surface area contributed by atoms with Crippen LogP contribution in [0.5, 0.6) is 5.75 Å². The number of hydrogen-bond donors (Lipinski definition) is 1. The Labute approximate surface area is 126 Å². The molecular formula is C16H24N4O. The summed E-state index contributed by atoms with van der Waals surface area (Å²) >= 11 is 0. The van der Waals surface area contributed by atoms with Crippen molar-refractivity contribution in [3.8, 4) is 5.75 Å². The average molecular weight is 288 g/mol. The Kier molecular flexibility index (Phi) is 6.19. The van der Waals surface area contributed by atoms with Crippen LogP contribution in [0.1, 0.15) is 56.8 Å². The van der Waals surface area contributed by atoms with Crippen LogP contribution in [0.4, 0.5) is 0 Å². The van der Waals surface area contributed by atoms with Gasteiger partial charge in [0.15, 0.2) is 0 Å². The molecule has 2 rings (SSSR count). The van der Waals surface area contributed by atoms with Crippen LogP contribution in [0.15, 0.2) is 24.3 Å². The molecule has 0 aliphatic rings. The van der Waals surface area contributed by atoms with Crippen molar-refractivity contribution in [1.29, 1.82) is 0 Å². The molecule has 1 N–H and O–H groups in total. The van der Waals surface area contributed by atoms with E-state index in [-0.39, 0.29) is 0 Å². The molecule has 114 valence electrons. The predicted octanol–water partition coefficient (Wildman–Crippen LogP) is 3.51. The van der Waals surface area contributed by atoms with Crippen LogP contribution >= 0.6 is 0 Å². The standard InChI is InChI=1S/C16H24N4O/c1-3-13(2)14-8-10-15(11-9-14)21-12-6-4-5-7-16-17-19-20-18-16/h8-11,13H,3-7,12H2,1-2H3,(H,17,18,19,20). The molecular weight excluding hydrogens is 264 g/mol. The van der Waals surface area contributed by atoms with E-state index in [4.69, 9.17) is 4.74 Å². The fourth-order valence-corrected chi connectivity index (χ4v) is 2.17. The van der Waals surface area contributed by atoms with Crippen LogP contribution in [0.2, 0.25) is 0 Å². The predicted molar refractivity (Wildman–Crippen MR) is 82.4 cm³/mol. The number of unbranched alkanes of at least 4 members (excludes halogenated alkanes) is 2. The Balaban J connectivity index is 1.60. The molecule has 1 unspecified atom stereocenters. The van der Waals surface area contributed by atoms with Gasteiger partial charge in [0, 0.05) is 6.42 Å². The monoisotopic (exact) mass is 288 g/mol. The summed E-state index contributed by atoms with van der Waals surface area (Å²) in [5.74, 6) is 2.43. The molecule has 5 heteroatoms. The van der Waals surface area contributed by atoms with Gasteiger partial charge in [0.1, 0.15) is 11.6 Å². The Morgan fingerprint density at radius 2 is 1.95 bits per heavy atom. The number of ether oxygens (including phenoxy) is 1. The molecule has 0 aliphatic heterocycles. The second kappa shape index (κ2) is 8.39. The number of tetrazole rings is 1. The lowest BCUT2D eigenvalue weighted by Crippen LogP contribution is -1.99. The fraction of sp³-hybridized carbons (Fsp3) is 0.562. The fourth-order valence-electron chi connectivity index (χ4n) is 2.17. The summed E-state index contributed by atoms with van der Waals surface area (Å²) in [6, 6.07) is 8.48. The SMILES string of the molecule is CCC(C)c1ccc(OCCCCCc2nnn[nH]2)cc1. The summed E-state index contributed by atoms with van der Waals surface area (Å²) in [7, 11) is 0. The molecule has 21 heavy (non-hydrogen) atoms. The number of H-pyrrole nitrogens is 1. The highest BCUT2D eigenvalue weighted by Gasteiger charge is 2.02. The summed E-state index contributed by atoms with van der Waals surface area (Å²) in [5, 5.41) is 13.7. The van der Waals surface area contributed by atoms with E-state index in [0.29, 0.717) is 5.92 Å². The lowest BCUT2D eigenvalue weighted by Gasteiger charge is -2.10. The van der Waals surface area contributed by atoms with Gasteiger partial charge in [0.25, 0.3) is 0 Å². The topological polar surface area (TPSA) is 63.7 Å². The maximum Gasteiger partial charge on any atom is 0.148 e. The summed E-state index contributed by atoms with van der Waals surface area (Å²) in [5.41, 5.74) is 1.38. The second-order valence-corrected chi connectivity index (χ2v) is 5.39. The van der Waals surface area contributed by atoms with Gasteiger partial charge in [-0.1, -0.05) is 26.0 Å². The molecule has 0 saturated heterocycles. The van der Waals surface area contributed by atoms with E-state index in [0.717, 1.165) is 43.9 Å². The molecule has 0 fully saturated rings. The van der Waals surface area contributed by atoms with Crippen molar-refractivity contribution in [1.82, 2.24) is 20.6 Å². The molecule has 0 aliphatic carbocycles. The van der Waals surface area contributed by atoms with E-state index < -0.39 is 0 Å². The van der Waals surface area contributed by atoms with Crippen molar-refractivity contribution in [3.63, 3.8) is 0 Å². The van der Waals surface area contributed by atoms with Crippen LogP contribution in [-0.4, -0.2) is 27.2 Å². The Hall–Kier alpha value is -1.91. The average Bonchev–Trinajstić information content (AvgIpc) is 3.04. The minimum Gasteiger partial charge on any atom is -0.494 e. The molecule has 0 radical (unpaired) electrons. The van der Waals surface area contributed by atoms with Gasteiger partial charge in [0.2, 0.25) is 0 Å². The number of nitrogens with zero attached hydrogens (tertiary/aromatic N) is 3. The van der Waals surface area contributed by atoms with E-state index in [1.807, 2.05) is 0 Å². The molecule has 0 bridgehead atoms. The molecule has 1 aromatic heterocycles. The van der Waals surface area contributed by atoms with Crippen molar-refractivity contribution in [3.05, 3.63) is 35.7 Å². The minimum absolute atomic E-state index is 0.615. The number of benzene rings is 1. The third-order valence-electron chi connectivity index (χ3n) is 3.78. The first-order chi connectivity index (χ1) is 10.3. The third kappa shape index (κ3) is 5.17. The van der Waals surface area contributed by atoms with Crippen molar-refractivity contribution in [2.45, 2.75) is 51.9 Å². The van der Waals surface area contributed by atoms with E-state index >= 15 is 0 Å². The highest BCUT2D eigenvalue weighted by Crippen LogP contribution is 2.21. The molecule has 2 aromatic rings. The molecule has 1 atom stereocenters. The molecule has 0 spiro atoms. The zero-order valence-corrected chi connectivity index (χ0v) is 12.9. The van der Waals surface area contributed by atoms with Gasteiger partial charge in [-0.15, -0.1) is 5.10 Å². The normalized spacial score (nSPS) is 12.3. The number of aryl methyl sites for hydroxylation is 1. The Bertz CT molecular complexity index is 496. The van der Waals surface area contributed by atoms with Crippen molar-refractivity contribution in [2.24, 2.45) is 0 Å². The molecule has 1 heterocycles. The zero-order chi connectivity index (χ0) is 14.9. The van der Waals surface area contributed by atoms with Crippen LogP contribution in [-0.2, 0) is 6.42 Å². The molecule has 1 aromatic carbocycles. The summed E-state index contributed by atoms with van der Waals surface area (Å²) in [4.78, 5) is 0. The Morgan fingerprint density at radius 3 is 2.62 bits per heavy atom. The quantitative estimate of drug-likeness (QED) is 0.717. The number of rotatable bonds is 9. The second-order valence-electron chi connectivity index (χ2n) is 5.39. The molecule has 0 saturated carbocycles. The van der Waals surface area contributed by atoms with Gasteiger partial charge in [0.05, 0.1) is 6.61 Å². The van der Waals surface area contributed by atoms with Crippen molar-refractivity contribution in [2.75, 3.05) is 6.61 Å². The zero-order valence-electron chi connectivity index (χ0n) is 12.9. The van der Waals surface area contributed by atoms with Crippen LogP contribution < -0.4 is 4.74 Å². The van der Waals surface area contributed by atoms with E-state index in [1.54, 1.807) is 0 Å². The number of aromatic nitrogens is 4. The van der Waals surface area contributed by atoms with Crippen LogP contribution in [0, 0.1) is 0 Å². The largest absolute Gasteiger partial charge is 0.494 e. The lowest BCUT2D eigenvalue weighted by atomic mass is 9.99. The molecule has 5 nitrogen and oxygen atoms in total. The van der Waals surface area contributed by atoms with Crippen LogP contribution in [0.3, 0.4) is 0 Å². The van der Waals surface area contributed by atoms with Gasteiger partial charge >= 0.3 is 0 Å². The summed E-state index contributed by atoms with van der Waals surface area (Å²) < 4.78 is 5.76. The molecule has 0 amide bonds. The van der Waals surface area contributed by atoms with Crippen molar-refractivity contribution >= 4 is 0 Å². The van der Waals surface area contributed by atoms with E-state index in [9.17, 15) is 0 Å². The first-order valence-electron chi connectivity index (χ1n) is 7.75.